The van der Waals surface area contributed by atoms with Crippen LogP contribution in [0, 0.1) is 6.92 Å². The van der Waals surface area contributed by atoms with Crippen molar-refractivity contribution >= 4 is 0 Å². The van der Waals surface area contributed by atoms with Gasteiger partial charge in [-0.2, -0.15) is 0 Å². The Morgan fingerprint density at radius 3 is 2.83 bits per heavy atom. The van der Waals surface area contributed by atoms with Crippen molar-refractivity contribution in [1.29, 1.82) is 0 Å². The predicted octanol–water partition coefficient (Wildman–Crippen LogP) is 1.68. The molecule has 1 aromatic heterocycles. The molecule has 4 heteroatoms. The van der Waals surface area contributed by atoms with Crippen LogP contribution in [0.3, 0.4) is 0 Å². The van der Waals surface area contributed by atoms with E-state index >= 15 is 0 Å². The van der Waals surface area contributed by atoms with Crippen LogP contribution in [0.25, 0.3) is 0 Å². The average molecular weight is 248 g/mol. The number of hydrogen-bond acceptors (Lipinski definition) is 4. The molecule has 2 fully saturated rings. The van der Waals surface area contributed by atoms with Crippen molar-refractivity contribution in [3.63, 3.8) is 0 Å². The number of hydrogen-bond donors (Lipinski definition) is 0. The van der Waals surface area contributed by atoms with Gasteiger partial charge in [-0.05, 0) is 38.9 Å². The minimum atomic E-state index is -0.686. The molecule has 2 aliphatic heterocycles. The minimum Gasteiger partial charge on any atom is -0.339 e. The highest BCUT2D eigenvalue weighted by Crippen LogP contribution is 2.39. The van der Waals surface area contributed by atoms with Crippen LogP contribution in [0.2, 0.25) is 0 Å². The van der Waals surface area contributed by atoms with E-state index in [4.69, 9.17) is 9.47 Å². The maximum Gasteiger partial charge on any atom is 0.210 e. The fourth-order valence-corrected chi connectivity index (χ4v) is 2.76. The Labute approximate surface area is 108 Å². The first-order valence-electron chi connectivity index (χ1n) is 6.54. The van der Waals surface area contributed by atoms with Gasteiger partial charge in [-0.15, -0.1) is 0 Å². The monoisotopic (exact) mass is 248 g/mol. The van der Waals surface area contributed by atoms with Crippen molar-refractivity contribution in [3.8, 4) is 0 Å². The number of piperidine rings is 1. The SMILES string of the molecule is Cc1ccc(C2(C)OC3CCN(C)CC3O2)nc1. The summed E-state index contributed by atoms with van der Waals surface area (Å²) in [7, 11) is 2.12. The molecule has 0 radical (unpaired) electrons. The molecule has 0 bridgehead atoms. The molecule has 2 aliphatic rings. The lowest BCUT2D eigenvalue weighted by Crippen LogP contribution is -2.43. The molecule has 0 aliphatic carbocycles. The van der Waals surface area contributed by atoms with E-state index in [0.29, 0.717) is 0 Å². The van der Waals surface area contributed by atoms with Crippen molar-refractivity contribution in [2.24, 2.45) is 0 Å². The third-order valence-corrected chi connectivity index (χ3v) is 3.83. The Morgan fingerprint density at radius 2 is 2.11 bits per heavy atom. The largest absolute Gasteiger partial charge is 0.339 e. The van der Waals surface area contributed by atoms with E-state index in [9.17, 15) is 0 Å². The van der Waals surface area contributed by atoms with Gasteiger partial charge >= 0.3 is 0 Å². The molecular weight excluding hydrogens is 228 g/mol. The van der Waals surface area contributed by atoms with Gasteiger partial charge in [0.15, 0.2) is 0 Å². The number of ether oxygens (including phenoxy) is 2. The molecule has 0 saturated carbocycles. The van der Waals surface area contributed by atoms with E-state index in [2.05, 4.69) is 23.0 Å². The van der Waals surface area contributed by atoms with E-state index in [0.717, 1.165) is 30.8 Å². The Morgan fingerprint density at radius 1 is 1.33 bits per heavy atom. The second-order valence-electron chi connectivity index (χ2n) is 5.53. The van der Waals surface area contributed by atoms with E-state index in [-0.39, 0.29) is 12.2 Å². The third-order valence-electron chi connectivity index (χ3n) is 3.83. The van der Waals surface area contributed by atoms with E-state index in [1.165, 1.54) is 0 Å². The first-order valence-corrected chi connectivity index (χ1v) is 6.54. The maximum absolute atomic E-state index is 6.12. The summed E-state index contributed by atoms with van der Waals surface area (Å²) in [5, 5.41) is 0. The number of aryl methyl sites for hydroxylation is 1. The number of likely N-dealkylation sites (tertiary alicyclic amines) is 1. The standard InChI is InChI=1S/C14H20N2O2/c1-10-4-5-13(15-8-10)14(2)17-11-6-7-16(3)9-12(11)18-14/h4-5,8,11-12H,6-7,9H2,1-3H3. The molecule has 1 aromatic rings. The zero-order chi connectivity index (χ0) is 12.8. The molecular formula is C14H20N2O2. The van der Waals surface area contributed by atoms with Crippen molar-refractivity contribution in [3.05, 3.63) is 29.6 Å². The molecule has 98 valence electrons. The average Bonchev–Trinajstić information content (AvgIpc) is 2.66. The highest BCUT2D eigenvalue weighted by molar-refractivity contribution is 5.16. The van der Waals surface area contributed by atoms with Crippen LogP contribution in [0.4, 0.5) is 0 Å². The van der Waals surface area contributed by atoms with E-state index in [1.54, 1.807) is 0 Å². The van der Waals surface area contributed by atoms with E-state index in [1.807, 2.05) is 26.1 Å². The van der Waals surface area contributed by atoms with Gasteiger partial charge in [0.2, 0.25) is 5.79 Å². The molecule has 0 amide bonds. The number of likely N-dealkylation sites (N-methyl/N-ethyl adjacent to an activating group) is 1. The van der Waals surface area contributed by atoms with Crippen molar-refractivity contribution < 1.29 is 9.47 Å². The molecule has 2 saturated heterocycles. The van der Waals surface area contributed by atoms with Crippen molar-refractivity contribution in [1.82, 2.24) is 9.88 Å². The van der Waals surface area contributed by atoms with Crippen LogP contribution in [-0.4, -0.2) is 42.2 Å². The van der Waals surface area contributed by atoms with Crippen molar-refractivity contribution in [2.75, 3.05) is 20.1 Å². The third kappa shape index (κ3) is 2.05. The molecule has 4 nitrogen and oxygen atoms in total. The first-order chi connectivity index (χ1) is 8.57. The van der Waals surface area contributed by atoms with Gasteiger partial charge in [0, 0.05) is 19.3 Å². The lowest BCUT2D eigenvalue weighted by molar-refractivity contribution is -0.171. The van der Waals surface area contributed by atoms with E-state index < -0.39 is 5.79 Å². The Balaban J connectivity index is 1.82. The number of fused-ring (bicyclic) bond motifs is 1. The predicted molar refractivity (Wildman–Crippen MR) is 68.2 cm³/mol. The number of nitrogens with zero attached hydrogens (tertiary/aromatic N) is 2. The van der Waals surface area contributed by atoms with Crippen LogP contribution >= 0.6 is 0 Å². The second-order valence-corrected chi connectivity index (χ2v) is 5.53. The summed E-state index contributed by atoms with van der Waals surface area (Å²) in [5.41, 5.74) is 2.02. The zero-order valence-corrected chi connectivity index (χ0v) is 11.2. The van der Waals surface area contributed by atoms with Gasteiger partial charge in [0.05, 0.1) is 11.8 Å². The molecule has 3 rings (SSSR count). The summed E-state index contributed by atoms with van der Waals surface area (Å²) in [6, 6.07) is 4.05. The molecule has 3 heterocycles. The topological polar surface area (TPSA) is 34.6 Å². The van der Waals surface area contributed by atoms with Crippen LogP contribution in [0.1, 0.15) is 24.6 Å². The minimum absolute atomic E-state index is 0.164. The molecule has 18 heavy (non-hydrogen) atoms. The summed E-state index contributed by atoms with van der Waals surface area (Å²) >= 11 is 0. The van der Waals surface area contributed by atoms with Gasteiger partial charge in [-0.3, -0.25) is 4.98 Å². The Bertz CT molecular complexity index is 434. The van der Waals surface area contributed by atoms with Gasteiger partial charge in [0.25, 0.3) is 0 Å². The molecule has 0 aromatic carbocycles. The summed E-state index contributed by atoms with van der Waals surface area (Å²) in [6.45, 7) is 6.02. The highest BCUT2D eigenvalue weighted by atomic mass is 16.8. The molecule has 0 N–H and O–H groups in total. The Hall–Kier alpha value is -0.970. The number of aromatic nitrogens is 1. The van der Waals surface area contributed by atoms with Gasteiger partial charge in [0.1, 0.15) is 6.10 Å². The van der Waals surface area contributed by atoms with Crippen LogP contribution in [0.15, 0.2) is 18.3 Å². The number of rotatable bonds is 1. The smallest absolute Gasteiger partial charge is 0.210 e. The van der Waals surface area contributed by atoms with Crippen LogP contribution in [-0.2, 0) is 15.3 Å². The molecule has 3 unspecified atom stereocenters. The lowest BCUT2D eigenvalue weighted by atomic mass is 10.1. The van der Waals surface area contributed by atoms with Crippen molar-refractivity contribution in [2.45, 2.75) is 38.3 Å². The highest BCUT2D eigenvalue weighted by Gasteiger charge is 2.47. The zero-order valence-electron chi connectivity index (χ0n) is 11.2. The van der Waals surface area contributed by atoms with Gasteiger partial charge < -0.3 is 14.4 Å². The number of pyridine rings is 1. The van der Waals surface area contributed by atoms with Crippen LogP contribution < -0.4 is 0 Å². The lowest BCUT2D eigenvalue weighted by Gasteiger charge is -2.29. The maximum atomic E-state index is 6.12. The first kappa shape index (κ1) is 12.1. The van der Waals surface area contributed by atoms with Gasteiger partial charge in [-0.25, -0.2) is 0 Å². The summed E-state index contributed by atoms with van der Waals surface area (Å²) in [5.74, 6) is -0.686. The summed E-state index contributed by atoms with van der Waals surface area (Å²) < 4.78 is 12.2. The summed E-state index contributed by atoms with van der Waals surface area (Å²) in [6.07, 6.45) is 3.26. The Kier molecular flexibility index (Phi) is 2.88. The second kappa shape index (κ2) is 4.30. The fraction of sp³-hybridized carbons (Fsp3) is 0.643. The molecule has 0 spiro atoms. The van der Waals surface area contributed by atoms with Gasteiger partial charge in [-0.1, -0.05) is 6.07 Å². The summed E-state index contributed by atoms with van der Waals surface area (Å²) in [4.78, 5) is 6.74. The van der Waals surface area contributed by atoms with Crippen LogP contribution in [0.5, 0.6) is 0 Å². The fourth-order valence-electron chi connectivity index (χ4n) is 2.76. The normalized spacial score (nSPS) is 36.6. The quantitative estimate of drug-likeness (QED) is 0.757. The molecule has 3 atom stereocenters.